The van der Waals surface area contributed by atoms with Gasteiger partial charge in [-0.3, -0.25) is 5.32 Å². The molecule has 1 aromatic carbocycles. The number of hydrogen-bond donors (Lipinski definition) is 1. The molecule has 1 N–H and O–H groups in total. The summed E-state index contributed by atoms with van der Waals surface area (Å²) in [6.45, 7) is 0.958. The van der Waals surface area contributed by atoms with Gasteiger partial charge in [-0.05, 0) is 18.2 Å². The molecule has 0 atom stereocenters. The summed E-state index contributed by atoms with van der Waals surface area (Å²) in [7, 11) is 0. The van der Waals surface area contributed by atoms with Gasteiger partial charge in [-0.2, -0.15) is 0 Å². The number of rotatable bonds is 6. The van der Waals surface area contributed by atoms with Crippen LogP contribution in [0.5, 0.6) is 0 Å². The molecule has 0 fully saturated rings. The normalized spacial score (nSPS) is 10.0. The minimum Gasteiger partial charge on any atom is -0.447 e. The minimum atomic E-state index is -0.540. The molecular weight excluding hydrogens is 265 g/mol. The molecule has 0 aromatic heterocycles. The summed E-state index contributed by atoms with van der Waals surface area (Å²) >= 11 is 11.2. The molecule has 0 heterocycles. The number of anilines is 1. The van der Waals surface area contributed by atoms with Crippen molar-refractivity contribution >= 4 is 35.0 Å². The molecule has 1 aromatic rings. The highest BCUT2D eigenvalue weighted by molar-refractivity contribution is 6.30. The summed E-state index contributed by atoms with van der Waals surface area (Å²) in [5.74, 6) is 0.425. The maximum absolute atomic E-state index is 11.3. The Balaban J connectivity index is 2.21. The molecule has 0 saturated heterocycles. The number of benzene rings is 1. The maximum atomic E-state index is 11.3. The fraction of sp³-hybridized carbons (Fsp3) is 0.364. The van der Waals surface area contributed by atoms with E-state index in [1.54, 1.807) is 24.3 Å². The van der Waals surface area contributed by atoms with Crippen LogP contribution in [0.2, 0.25) is 5.02 Å². The van der Waals surface area contributed by atoms with Crippen molar-refractivity contribution in [3.05, 3.63) is 29.3 Å². The van der Waals surface area contributed by atoms with E-state index in [-0.39, 0.29) is 6.61 Å². The number of alkyl halides is 1. The maximum Gasteiger partial charge on any atom is 0.411 e. The molecule has 0 aliphatic heterocycles. The number of ether oxygens (including phenoxy) is 2. The van der Waals surface area contributed by atoms with E-state index in [4.69, 9.17) is 32.7 Å². The fourth-order valence-electron chi connectivity index (χ4n) is 1.07. The summed E-state index contributed by atoms with van der Waals surface area (Å²) in [5, 5.41) is 3.10. The second-order valence-corrected chi connectivity index (χ2v) is 3.89. The van der Waals surface area contributed by atoms with Crippen molar-refractivity contribution in [3.8, 4) is 0 Å². The molecule has 1 rings (SSSR count). The molecular formula is C11H13Cl2NO3. The van der Waals surface area contributed by atoms with E-state index in [2.05, 4.69) is 5.32 Å². The van der Waals surface area contributed by atoms with Crippen LogP contribution in [-0.2, 0) is 9.47 Å². The molecule has 0 spiro atoms. The second kappa shape index (κ2) is 8.17. The molecule has 1 amide bonds. The quantitative estimate of drug-likeness (QED) is 0.642. The van der Waals surface area contributed by atoms with E-state index in [0.29, 0.717) is 29.8 Å². The Morgan fingerprint density at radius 2 is 2.12 bits per heavy atom. The van der Waals surface area contributed by atoms with Gasteiger partial charge in [-0.15, -0.1) is 11.6 Å². The summed E-state index contributed by atoms with van der Waals surface area (Å²) in [4.78, 5) is 11.3. The van der Waals surface area contributed by atoms with Gasteiger partial charge in [-0.25, -0.2) is 4.79 Å². The van der Waals surface area contributed by atoms with Crippen LogP contribution in [0.1, 0.15) is 0 Å². The third-order valence-electron chi connectivity index (χ3n) is 1.75. The Morgan fingerprint density at radius 1 is 1.29 bits per heavy atom. The Morgan fingerprint density at radius 3 is 2.82 bits per heavy atom. The van der Waals surface area contributed by atoms with Crippen LogP contribution >= 0.6 is 23.2 Å². The predicted molar refractivity (Wildman–Crippen MR) is 68.0 cm³/mol. The van der Waals surface area contributed by atoms with Gasteiger partial charge in [-0.1, -0.05) is 17.7 Å². The van der Waals surface area contributed by atoms with E-state index in [1.807, 2.05) is 0 Å². The third kappa shape index (κ3) is 6.36. The number of carbonyl (C=O) groups is 1. The molecule has 0 aliphatic rings. The second-order valence-electron chi connectivity index (χ2n) is 3.07. The van der Waals surface area contributed by atoms with Crippen molar-refractivity contribution in [2.24, 2.45) is 0 Å². The van der Waals surface area contributed by atoms with Gasteiger partial charge in [0.2, 0.25) is 0 Å². The molecule has 17 heavy (non-hydrogen) atoms. The van der Waals surface area contributed by atoms with Gasteiger partial charge in [0.15, 0.2) is 0 Å². The highest BCUT2D eigenvalue weighted by Gasteiger charge is 2.02. The van der Waals surface area contributed by atoms with Gasteiger partial charge < -0.3 is 9.47 Å². The number of carbonyl (C=O) groups excluding carboxylic acids is 1. The van der Waals surface area contributed by atoms with E-state index >= 15 is 0 Å². The lowest BCUT2D eigenvalue weighted by Crippen LogP contribution is -2.17. The first-order valence-electron chi connectivity index (χ1n) is 5.05. The Labute approximate surface area is 110 Å². The van der Waals surface area contributed by atoms with Crippen molar-refractivity contribution in [3.63, 3.8) is 0 Å². The largest absolute Gasteiger partial charge is 0.447 e. The van der Waals surface area contributed by atoms with Crippen molar-refractivity contribution in [1.82, 2.24) is 0 Å². The average Bonchev–Trinajstić information content (AvgIpc) is 2.29. The van der Waals surface area contributed by atoms with Crippen molar-refractivity contribution in [1.29, 1.82) is 0 Å². The lowest BCUT2D eigenvalue weighted by molar-refractivity contribution is 0.0859. The predicted octanol–water partition coefficient (Wildman–Crippen LogP) is 3.14. The van der Waals surface area contributed by atoms with Crippen LogP contribution in [0.15, 0.2) is 24.3 Å². The average molecular weight is 278 g/mol. The Kier molecular flexibility index (Phi) is 6.77. The van der Waals surface area contributed by atoms with Crippen LogP contribution in [0, 0.1) is 0 Å². The summed E-state index contributed by atoms with van der Waals surface area (Å²) in [6, 6.07) is 6.81. The standard InChI is InChI=1S/C11H13Cl2NO3/c12-4-5-16-6-7-17-11(15)14-10-3-1-2-9(13)8-10/h1-3,8H,4-7H2,(H,14,15). The van der Waals surface area contributed by atoms with Crippen molar-refractivity contribution in [2.75, 3.05) is 31.0 Å². The number of nitrogens with one attached hydrogen (secondary N) is 1. The van der Waals surface area contributed by atoms with Crippen LogP contribution in [-0.4, -0.2) is 31.8 Å². The fourth-order valence-corrected chi connectivity index (χ4v) is 1.37. The molecule has 6 heteroatoms. The van der Waals surface area contributed by atoms with Crippen molar-refractivity contribution in [2.45, 2.75) is 0 Å². The molecule has 0 saturated carbocycles. The van der Waals surface area contributed by atoms with Gasteiger partial charge >= 0.3 is 6.09 Å². The van der Waals surface area contributed by atoms with E-state index in [9.17, 15) is 4.79 Å². The van der Waals surface area contributed by atoms with E-state index in [0.717, 1.165) is 0 Å². The third-order valence-corrected chi connectivity index (χ3v) is 2.14. The highest BCUT2D eigenvalue weighted by Crippen LogP contribution is 2.14. The zero-order chi connectivity index (χ0) is 12.5. The summed E-state index contributed by atoms with van der Waals surface area (Å²) < 4.78 is 9.92. The Hall–Kier alpha value is -0.970. The topological polar surface area (TPSA) is 47.6 Å². The zero-order valence-electron chi connectivity index (χ0n) is 9.12. The Bertz CT molecular complexity index is 360. The lowest BCUT2D eigenvalue weighted by Gasteiger charge is -2.07. The van der Waals surface area contributed by atoms with E-state index in [1.165, 1.54) is 0 Å². The molecule has 94 valence electrons. The van der Waals surface area contributed by atoms with Gasteiger partial charge in [0, 0.05) is 16.6 Å². The number of hydrogen-bond acceptors (Lipinski definition) is 3. The van der Waals surface area contributed by atoms with Crippen molar-refractivity contribution < 1.29 is 14.3 Å². The first-order chi connectivity index (χ1) is 8.22. The monoisotopic (exact) mass is 277 g/mol. The van der Waals surface area contributed by atoms with Gasteiger partial charge in [0.05, 0.1) is 13.2 Å². The molecule has 0 unspecified atom stereocenters. The zero-order valence-corrected chi connectivity index (χ0v) is 10.6. The molecule has 0 radical (unpaired) electrons. The lowest BCUT2D eigenvalue weighted by atomic mass is 10.3. The van der Waals surface area contributed by atoms with E-state index < -0.39 is 6.09 Å². The van der Waals surface area contributed by atoms with Crippen LogP contribution in [0.3, 0.4) is 0 Å². The summed E-state index contributed by atoms with van der Waals surface area (Å²) in [6.07, 6.45) is -0.540. The first-order valence-corrected chi connectivity index (χ1v) is 5.96. The minimum absolute atomic E-state index is 0.184. The highest BCUT2D eigenvalue weighted by atomic mass is 35.5. The first kappa shape index (κ1) is 14.1. The smallest absolute Gasteiger partial charge is 0.411 e. The molecule has 0 aliphatic carbocycles. The van der Waals surface area contributed by atoms with Gasteiger partial charge in [0.25, 0.3) is 0 Å². The summed E-state index contributed by atoms with van der Waals surface area (Å²) in [5.41, 5.74) is 0.587. The van der Waals surface area contributed by atoms with Crippen LogP contribution in [0.25, 0.3) is 0 Å². The van der Waals surface area contributed by atoms with Crippen LogP contribution in [0.4, 0.5) is 10.5 Å². The van der Waals surface area contributed by atoms with Crippen LogP contribution < -0.4 is 5.32 Å². The molecule has 4 nitrogen and oxygen atoms in total. The number of amides is 1. The molecule has 0 bridgehead atoms. The number of halogens is 2. The van der Waals surface area contributed by atoms with Gasteiger partial charge in [0.1, 0.15) is 6.61 Å². The SMILES string of the molecule is O=C(Nc1cccc(Cl)c1)OCCOCCCl.